The van der Waals surface area contributed by atoms with E-state index in [0.29, 0.717) is 25.3 Å². The number of nitrogens with zero attached hydrogens (tertiary/aromatic N) is 1. The van der Waals surface area contributed by atoms with E-state index in [9.17, 15) is 8.42 Å². The van der Waals surface area contributed by atoms with E-state index in [0.717, 1.165) is 0 Å². The van der Waals surface area contributed by atoms with Crippen LogP contribution in [0, 0.1) is 0 Å². The maximum absolute atomic E-state index is 12.2. The second-order valence-corrected chi connectivity index (χ2v) is 6.28. The van der Waals surface area contributed by atoms with Crippen LogP contribution in [0.1, 0.15) is 6.42 Å². The maximum Gasteiger partial charge on any atom is 0.244 e. The van der Waals surface area contributed by atoms with Gasteiger partial charge >= 0.3 is 0 Å². The number of ether oxygens (including phenoxy) is 1. The minimum Gasteiger partial charge on any atom is -0.399 e. The third-order valence-corrected chi connectivity index (χ3v) is 4.80. The number of halogens is 1. The number of nitrogens with two attached hydrogens (primary N) is 1. The van der Waals surface area contributed by atoms with Crippen molar-refractivity contribution in [2.75, 3.05) is 33.0 Å². The molecule has 0 aliphatic heterocycles. The van der Waals surface area contributed by atoms with Gasteiger partial charge in [0.25, 0.3) is 0 Å². The standard InChI is InChI=1S/C11H17ClN2O3S/c1-14(6-3-7-17-2)18(15,16)11-8-9(13)4-5-10(11)12/h4-5,8H,3,6-7,13H2,1-2H3. The van der Waals surface area contributed by atoms with Crippen molar-refractivity contribution in [1.82, 2.24) is 4.31 Å². The number of hydrogen-bond acceptors (Lipinski definition) is 4. The lowest BCUT2D eigenvalue weighted by Crippen LogP contribution is -2.28. The number of methoxy groups -OCH3 is 1. The Hall–Kier alpha value is -0.820. The first-order valence-corrected chi connectivity index (χ1v) is 7.21. The molecule has 0 spiro atoms. The van der Waals surface area contributed by atoms with Crippen molar-refractivity contribution < 1.29 is 13.2 Å². The smallest absolute Gasteiger partial charge is 0.244 e. The number of benzene rings is 1. The molecule has 7 heteroatoms. The summed E-state index contributed by atoms with van der Waals surface area (Å²) in [4.78, 5) is 0.0316. The summed E-state index contributed by atoms with van der Waals surface area (Å²) in [6, 6.07) is 4.41. The highest BCUT2D eigenvalue weighted by Crippen LogP contribution is 2.26. The Bertz CT molecular complexity index is 505. The molecular weight excluding hydrogens is 276 g/mol. The molecule has 1 rings (SSSR count). The van der Waals surface area contributed by atoms with E-state index in [1.807, 2.05) is 0 Å². The summed E-state index contributed by atoms with van der Waals surface area (Å²) in [7, 11) is -0.530. The van der Waals surface area contributed by atoms with Crippen LogP contribution in [0.3, 0.4) is 0 Å². The highest BCUT2D eigenvalue weighted by atomic mass is 35.5. The second kappa shape index (κ2) is 6.38. The van der Waals surface area contributed by atoms with Crippen molar-refractivity contribution in [2.24, 2.45) is 0 Å². The van der Waals surface area contributed by atoms with Crippen LogP contribution in [0.5, 0.6) is 0 Å². The van der Waals surface area contributed by atoms with Crippen LogP contribution in [-0.2, 0) is 14.8 Å². The Morgan fingerprint density at radius 2 is 2.11 bits per heavy atom. The van der Waals surface area contributed by atoms with Gasteiger partial charge in [-0.25, -0.2) is 12.7 Å². The van der Waals surface area contributed by atoms with Crippen LogP contribution >= 0.6 is 11.6 Å². The Labute approximate surface area is 113 Å². The van der Waals surface area contributed by atoms with Crippen molar-refractivity contribution in [3.8, 4) is 0 Å². The third-order valence-electron chi connectivity index (χ3n) is 2.46. The zero-order valence-electron chi connectivity index (χ0n) is 10.4. The molecule has 102 valence electrons. The molecule has 0 radical (unpaired) electrons. The summed E-state index contributed by atoms with van der Waals surface area (Å²) >= 11 is 5.90. The zero-order valence-corrected chi connectivity index (χ0v) is 12.0. The molecule has 0 saturated heterocycles. The van der Waals surface area contributed by atoms with E-state index in [4.69, 9.17) is 22.1 Å². The van der Waals surface area contributed by atoms with Crippen molar-refractivity contribution in [1.29, 1.82) is 0 Å². The molecule has 0 amide bonds. The molecule has 0 unspecified atom stereocenters. The van der Waals surface area contributed by atoms with Crippen molar-refractivity contribution >= 4 is 27.3 Å². The van der Waals surface area contributed by atoms with Gasteiger partial charge in [0.05, 0.1) is 5.02 Å². The van der Waals surface area contributed by atoms with E-state index in [1.165, 1.54) is 23.5 Å². The van der Waals surface area contributed by atoms with E-state index >= 15 is 0 Å². The quantitative estimate of drug-likeness (QED) is 0.638. The Morgan fingerprint density at radius 3 is 2.72 bits per heavy atom. The predicted molar refractivity (Wildman–Crippen MR) is 72.2 cm³/mol. The zero-order chi connectivity index (χ0) is 13.8. The highest BCUT2D eigenvalue weighted by molar-refractivity contribution is 7.89. The average molecular weight is 293 g/mol. The van der Waals surface area contributed by atoms with Crippen LogP contribution in [0.4, 0.5) is 5.69 Å². The van der Waals surface area contributed by atoms with E-state index < -0.39 is 10.0 Å². The van der Waals surface area contributed by atoms with Gasteiger partial charge < -0.3 is 10.5 Å². The summed E-state index contributed by atoms with van der Waals surface area (Å²) in [6.45, 7) is 0.867. The lowest BCUT2D eigenvalue weighted by atomic mass is 10.3. The molecule has 0 aliphatic carbocycles. The van der Waals surface area contributed by atoms with Crippen molar-refractivity contribution in [3.63, 3.8) is 0 Å². The first-order valence-electron chi connectivity index (χ1n) is 5.40. The fraction of sp³-hybridized carbons (Fsp3) is 0.455. The molecule has 0 aromatic heterocycles. The fourth-order valence-electron chi connectivity index (χ4n) is 1.44. The van der Waals surface area contributed by atoms with Gasteiger partial charge in [0, 0.05) is 33.0 Å². The normalized spacial score (nSPS) is 12.0. The van der Waals surface area contributed by atoms with E-state index in [2.05, 4.69) is 0 Å². The summed E-state index contributed by atoms with van der Waals surface area (Å²) in [5.74, 6) is 0. The van der Waals surface area contributed by atoms with Crippen LogP contribution in [-0.4, -0.2) is 40.0 Å². The summed E-state index contributed by atoms with van der Waals surface area (Å²) in [5.41, 5.74) is 5.95. The average Bonchev–Trinajstić information content (AvgIpc) is 2.32. The largest absolute Gasteiger partial charge is 0.399 e. The fourth-order valence-corrected chi connectivity index (χ4v) is 3.15. The molecule has 5 nitrogen and oxygen atoms in total. The molecule has 1 aromatic rings. The first-order chi connectivity index (χ1) is 8.39. The summed E-state index contributed by atoms with van der Waals surface area (Å²) < 4.78 is 30.6. The maximum atomic E-state index is 12.2. The Balaban J connectivity index is 2.95. The second-order valence-electron chi connectivity index (χ2n) is 3.86. The van der Waals surface area contributed by atoms with Gasteiger partial charge in [-0.2, -0.15) is 0 Å². The molecule has 0 bridgehead atoms. The van der Waals surface area contributed by atoms with Gasteiger partial charge in [-0.1, -0.05) is 11.6 Å². The minimum atomic E-state index is -3.61. The summed E-state index contributed by atoms with van der Waals surface area (Å²) in [6.07, 6.45) is 0.617. The molecule has 0 atom stereocenters. The number of nitrogen functional groups attached to an aromatic ring is 1. The van der Waals surface area contributed by atoms with Crippen LogP contribution in [0.15, 0.2) is 23.1 Å². The highest BCUT2D eigenvalue weighted by Gasteiger charge is 2.23. The van der Waals surface area contributed by atoms with Gasteiger partial charge in [0.1, 0.15) is 4.90 Å². The van der Waals surface area contributed by atoms with Gasteiger partial charge in [-0.15, -0.1) is 0 Å². The van der Waals surface area contributed by atoms with Gasteiger partial charge in [0.2, 0.25) is 10.0 Å². The SMILES string of the molecule is COCCCN(C)S(=O)(=O)c1cc(N)ccc1Cl. The van der Waals surface area contributed by atoms with Gasteiger partial charge in [-0.05, 0) is 24.6 Å². The number of rotatable bonds is 6. The van der Waals surface area contributed by atoms with E-state index in [-0.39, 0.29) is 9.92 Å². The van der Waals surface area contributed by atoms with Crippen LogP contribution in [0.25, 0.3) is 0 Å². The molecule has 1 aromatic carbocycles. The molecule has 18 heavy (non-hydrogen) atoms. The summed E-state index contributed by atoms with van der Waals surface area (Å²) in [5, 5.41) is 0.169. The third kappa shape index (κ3) is 3.58. The Kier molecular flexibility index (Phi) is 5.40. The van der Waals surface area contributed by atoms with E-state index in [1.54, 1.807) is 13.2 Å². The topological polar surface area (TPSA) is 72.6 Å². The van der Waals surface area contributed by atoms with Gasteiger partial charge in [0.15, 0.2) is 0 Å². The predicted octanol–water partition coefficient (Wildman–Crippen LogP) is 1.58. The first kappa shape index (κ1) is 15.2. The van der Waals surface area contributed by atoms with Crippen LogP contribution < -0.4 is 5.73 Å². The molecule has 0 saturated carbocycles. The van der Waals surface area contributed by atoms with Gasteiger partial charge in [-0.3, -0.25) is 0 Å². The van der Waals surface area contributed by atoms with Crippen LogP contribution in [0.2, 0.25) is 5.02 Å². The molecular formula is C11H17ClN2O3S. The molecule has 2 N–H and O–H groups in total. The minimum absolute atomic E-state index is 0.0316. The lowest BCUT2D eigenvalue weighted by Gasteiger charge is -2.18. The lowest BCUT2D eigenvalue weighted by molar-refractivity contribution is 0.189. The van der Waals surface area contributed by atoms with Crippen molar-refractivity contribution in [2.45, 2.75) is 11.3 Å². The molecule has 0 heterocycles. The monoisotopic (exact) mass is 292 g/mol. The Morgan fingerprint density at radius 1 is 1.44 bits per heavy atom. The number of hydrogen-bond donors (Lipinski definition) is 1. The number of anilines is 1. The molecule has 0 aliphatic rings. The molecule has 0 fully saturated rings. The van der Waals surface area contributed by atoms with Crippen molar-refractivity contribution in [3.05, 3.63) is 23.2 Å². The number of sulfonamides is 1.